The van der Waals surface area contributed by atoms with Crippen molar-refractivity contribution in [3.05, 3.63) is 46.3 Å². The van der Waals surface area contributed by atoms with Gasteiger partial charge in [0.1, 0.15) is 16.3 Å². The first-order valence-electron chi connectivity index (χ1n) is 7.55. The second kappa shape index (κ2) is 7.69. The van der Waals surface area contributed by atoms with Gasteiger partial charge in [-0.1, -0.05) is 29.8 Å². The summed E-state index contributed by atoms with van der Waals surface area (Å²) in [6.07, 6.45) is 3.19. The third kappa shape index (κ3) is 3.62. The minimum atomic E-state index is -0.629. The highest BCUT2D eigenvalue weighted by atomic mass is 35.5. The van der Waals surface area contributed by atoms with Crippen LogP contribution >= 0.6 is 22.9 Å². The van der Waals surface area contributed by atoms with Crippen molar-refractivity contribution in [3.63, 3.8) is 0 Å². The number of nitrogen functional groups attached to an aromatic ring is 1. The van der Waals surface area contributed by atoms with Crippen molar-refractivity contribution >= 4 is 44.7 Å². The van der Waals surface area contributed by atoms with E-state index in [-0.39, 0.29) is 29.8 Å². The van der Waals surface area contributed by atoms with E-state index in [1.807, 2.05) is 6.07 Å². The lowest BCUT2D eigenvalue weighted by atomic mass is 10.1. The maximum absolute atomic E-state index is 11.6. The van der Waals surface area contributed by atoms with Gasteiger partial charge in [0.2, 0.25) is 0 Å². The van der Waals surface area contributed by atoms with Gasteiger partial charge in [-0.05, 0) is 18.2 Å². The fourth-order valence-electron chi connectivity index (χ4n) is 2.36. The molecule has 9 heteroatoms. The van der Waals surface area contributed by atoms with E-state index in [2.05, 4.69) is 9.97 Å². The Morgan fingerprint density at radius 3 is 2.85 bits per heavy atom. The summed E-state index contributed by atoms with van der Waals surface area (Å²) in [6, 6.07) is 7.21. The lowest BCUT2D eigenvalue weighted by Gasteiger charge is -2.08. The van der Waals surface area contributed by atoms with Crippen molar-refractivity contribution in [1.29, 1.82) is 0 Å². The van der Waals surface area contributed by atoms with Gasteiger partial charge in [-0.3, -0.25) is 4.79 Å². The Morgan fingerprint density at radius 1 is 1.35 bits per heavy atom. The molecule has 0 aliphatic heterocycles. The topological polar surface area (TPSA) is 124 Å². The number of aliphatic hydroxyl groups is 1. The Labute approximate surface area is 157 Å². The lowest BCUT2D eigenvalue weighted by molar-refractivity contribution is 0.100. The van der Waals surface area contributed by atoms with E-state index in [1.165, 1.54) is 0 Å². The van der Waals surface area contributed by atoms with Crippen molar-refractivity contribution in [2.75, 3.05) is 18.9 Å². The Balaban J connectivity index is 2.17. The van der Waals surface area contributed by atoms with Crippen LogP contribution in [0.5, 0.6) is 6.01 Å². The summed E-state index contributed by atoms with van der Waals surface area (Å²) in [5.74, 6) is -0.629. The predicted molar refractivity (Wildman–Crippen MR) is 103 cm³/mol. The van der Waals surface area contributed by atoms with Crippen LogP contribution in [0.2, 0.25) is 5.02 Å². The largest absolute Gasteiger partial charge is 0.459 e. The van der Waals surface area contributed by atoms with Crippen LogP contribution in [-0.4, -0.2) is 34.2 Å². The number of carbonyl (C=O) groups excluding carboxylic acids is 1. The molecule has 3 rings (SSSR count). The zero-order chi connectivity index (χ0) is 18.7. The first-order valence-corrected chi connectivity index (χ1v) is 8.75. The first-order chi connectivity index (χ1) is 12.5. The highest BCUT2D eigenvalue weighted by molar-refractivity contribution is 7.21. The van der Waals surface area contributed by atoms with Gasteiger partial charge in [-0.25, -0.2) is 0 Å². The maximum atomic E-state index is 11.6. The van der Waals surface area contributed by atoms with Gasteiger partial charge < -0.3 is 21.3 Å². The lowest BCUT2D eigenvalue weighted by Crippen LogP contribution is -2.10. The van der Waals surface area contributed by atoms with Gasteiger partial charge in [-0.2, -0.15) is 9.97 Å². The molecule has 0 fully saturated rings. The van der Waals surface area contributed by atoms with E-state index in [1.54, 1.807) is 30.4 Å². The van der Waals surface area contributed by atoms with Crippen LogP contribution in [0.25, 0.3) is 21.5 Å². The number of fused-ring (bicyclic) bond motifs is 1. The Hall–Kier alpha value is -2.68. The molecular formula is C17H15ClN4O3S. The number of aliphatic hydroxyl groups excluding tert-OH is 1. The second-order valence-electron chi connectivity index (χ2n) is 5.22. The number of benzene rings is 1. The molecule has 0 saturated carbocycles. The molecule has 2 heterocycles. The Bertz CT molecular complexity index is 1000. The van der Waals surface area contributed by atoms with Crippen LogP contribution in [0.4, 0.5) is 5.69 Å². The quantitative estimate of drug-likeness (QED) is 0.555. The Morgan fingerprint density at radius 2 is 2.15 bits per heavy atom. The summed E-state index contributed by atoms with van der Waals surface area (Å²) in [7, 11) is 0. The molecule has 0 saturated heterocycles. The summed E-state index contributed by atoms with van der Waals surface area (Å²) < 4.78 is 5.51. The van der Waals surface area contributed by atoms with Crippen LogP contribution in [0.1, 0.15) is 9.67 Å². The molecule has 7 nitrogen and oxygen atoms in total. The highest BCUT2D eigenvalue weighted by Gasteiger charge is 2.21. The minimum Gasteiger partial charge on any atom is -0.459 e. The fourth-order valence-corrected chi connectivity index (χ4v) is 3.49. The standard InChI is InChI=1S/C17H15ClN4O3S/c18-10-5-3-4-9(8-10)13-11-12(19)14(15(20)24)26-16(11)22-17(21-13)25-7-2-1-6-23/h1-5,8,23H,6-7,19H2,(H2,20,24)/b2-1+. The van der Waals surface area contributed by atoms with Crippen LogP contribution in [0, 0.1) is 0 Å². The number of halogens is 1. The number of hydrogen-bond acceptors (Lipinski definition) is 7. The number of rotatable bonds is 6. The van der Waals surface area contributed by atoms with Crippen molar-refractivity contribution in [2.45, 2.75) is 0 Å². The van der Waals surface area contributed by atoms with Crippen molar-refractivity contribution in [2.24, 2.45) is 5.73 Å². The molecule has 5 N–H and O–H groups in total. The number of carbonyl (C=O) groups is 1. The second-order valence-corrected chi connectivity index (χ2v) is 6.65. The zero-order valence-electron chi connectivity index (χ0n) is 13.5. The van der Waals surface area contributed by atoms with Gasteiger partial charge in [0, 0.05) is 10.6 Å². The van der Waals surface area contributed by atoms with E-state index in [0.717, 1.165) is 11.3 Å². The molecule has 3 aromatic rings. The summed E-state index contributed by atoms with van der Waals surface area (Å²) in [5.41, 5.74) is 13.0. The maximum Gasteiger partial charge on any atom is 0.318 e. The average molecular weight is 391 g/mol. The predicted octanol–water partition coefficient (Wildman–Crippen LogP) is 2.62. The summed E-state index contributed by atoms with van der Waals surface area (Å²) in [6.45, 7) is 0.102. The van der Waals surface area contributed by atoms with E-state index in [9.17, 15) is 4.79 Å². The number of primary amides is 1. The normalized spacial score (nSPS) is 11.3. The van der Waals surface area contributed by atoms with Crippen LogP contribution in [0.3, 0.4) is 0 Å². The minimum absolute atomic E-state index is 0.0829. The third-order valence-corrected chi connectivity index (χ3v) is 4.82. The number of amides is 1. The van der Waals surface area contributed by atoms with Gasteiger partial charge in [-0.15, -0.1) is 11.3 Å². The van der Waals surface area contributed by atoms with Crippen molar-refractivity contribution < 1.29 is 14.6 Å². The number of hydrogen-bond donors (Lipinski definition) is 3. The van der Waals surface area contributed by atoms with E-state index in [4.69, 9.17) is 32.9 Å². The summed E-state index contributed by atoms with van der Waals surface area (Å²) >= 11 is 7.17. The molecule has 26 heavy (non-hydrogen) atoms. The number of nitrogens with two attached hydrogens (primary N) is 2. The van der Waals surface area contributed by atoms with Gasteiger partial charge in [0.15, 0.2) is 0 Å². The van der Waals surface area contributed by atoms with E-state index in [0.29, 0.717) is 26.5 Å². The Kier molecular flexibility index (Phi) is 5.36. The zero-order valence-corrected chi connectivity index (χ0v) is 15.0. The molecule has 0 unspecified atom stereocenters. The average Bonchev–Trinajstić information content (AvgIpc) is 2.95. The molecule has 0 spiro atoms. The van der Waals surface area contributed by atoms with Gasteiger partial charge in [0.05, 0.1) is 23.4 Å². The number of thiophene rings is 1. The number of ether oxygens (including phenoxy) is 1. The van der Waals surface area contributed by atoms with Crippen LogP contribution < -0.4 is 16.2 Å². The molecule has 0 aliphatic rings. The van der Waals surface area contributed by atoms with Crippen LogP contribution in [-0.2, 0) is 0 Å². The fraction of sp³-hybridized carbons (Fsp3) is 0.118. The molecule has 2 aromatic heterocycles. The van der Waals surface area contributed by atoms with Gasteiger partial charge >= 0.3 is 6.01 Å². The molecule has 0 bridgehead atoms. The molecule has 0 aliphatic carbocycles. The third-order valence-electron chi connectivity index (χ3n) is 3.47. The van der Waals surface area contributed by atoms with E-state index < -0.39 is 5.91 Å². The molecule has 1 amide bonds. The van der Waals surface area contributed by atoms with Crippen molar-refractivity contribution in [1.82, 2.24) is 9.97 Å². The molecule has 1 aromatic carbocycles. The highest BCUT2D eigenvalue weighted by Crippen LogP contribution is 2.39. The number of anilines is 1. The molecular weight excluding hydrogens is 376 g/mol. The number of aromatic nitrogens is 2. The van der Waals surface area contributed by atoms with E-state index >= 15 is 0 Å². The molecule has 0 atom stereocenters. The summed E-state index contributed by atoms with van der Waals surface area (Å²) in [5, 5.41) is 9.83. The smallest absolute Gasteiger partial charge is 0.318 e. The molecule has 0 radical (unpaired) electrons. The van der Waals surface area contributed by atoms with Crippen LogP contribution in [0.15, 0.2) is 36.4 Å². The summed E-state index contributed by atoms with van der Waals surface area (Å²) in [4.78, 5) is 21.1. The molecule has 134 valence electrons. The van der Waals surface area contributed by atoms with Crippen molar-refractivity contribution in [3.8, 4) is 17.3 Å². The first kappa shape index (κ1) is 18.1. The SMILES string of the molecule is NC(=O)c1sc2nc(OC/C=C/CO)nc(-c3cccc(Cl)c3)c2c1N. The van der Waals surface area contributed by atoms with Gasteiger partial charge in [0.25, 0.3) is 5.91 Å². The number of nitrogens with zero attached hydrogens (tertiary/aromatic N) is 2. The monoisotopic (exact) mass is 390 g/mol.